The molecule has 0 aliphatic carbocycles. The average molecular weight is 369 g/mol. The van der Waals surface area contributed by atoms with Crippen LogP contribution < -0.4 is 11.3 Å². The Morgan fingerprint density at radius 1 is 1.04 bits per heavy atom. The van der Waals surface area contributed by atoms with E-state index in [1.807, 2.05) is 0 Å². The molecule has 3 rings (SSSR count). The van der Waals surface area contributed by atoms with Crippen molar-refractivity contribution >= 4 is 5.69 Å². The van der Waals surface area contributed by atoms with Crippen LogP contribution in [0.1, 0.15) is 16.7 Å². The highest BCUT2D eigenvalue weighted by atomic mass is 19.4. The van der Waals surface area contributed by atoms with Gasteiger partial charge in [0, 0.05) is 11.3 Å². The minimum atomic E-state index is -4.83. The molecule has 2 aromatic carbocycles. The molecule has 0 aliphatic heterocycles. The van der Waals surface area contributed by atoms with Crippen molar-refractivity contribution in [3.8, 4) is 17.3 Å². The molecule has 0 amide bonds. The highest BCUT2D eigenvalue weighted by Gasteiger charge is 2.36. The fourth-order valence-corrected chi connectivity index (χ4v) is 2.84. The van der Waals surface area contributed by atoms with Gasteiger partial charge in [-0.3, -0.25) is 4.79 Å². The second kappa shape index (κ2) is 7.00. The molecule has 3 aromatic rings. The first-order valence-electron chi connectivity index (χ1n) is 7.96. The number of halogens is 3. The van der Waals surface area contributed by atoms with Gasteiger partial charge in [-0.05, 0) is 23.8 Å². The maximum atomic E-state index is 13.4. The first-order chi connectivity index (χ1) is 12.8. The van der Waals surface area contributed by atoms with Gasteiger partial charge in [-0.25, -0.2) is 0 Å². The van der Waals surface area contributed by atoms with E-state index in [2.05, 4.69) is 0 Å². The zero-order valence-corrected chi connectivity index (χ0v) is 14.0. The lowest BCUT2D eigenvalue weighted by atomic mass is 10.0. The van der Waals surface area contributed by atoms with Crippen molar-refractivity contribution < 1.29 is 13.2 Å². The molecule has 0 saturated heterocycles. The van der Waals surface area contributed by atoms with Gasteiger partial charge in [0.25, 0.3) is 5.56 Å². The molecule has 2 N–H and O–H groups in total. The summed E-state index contributed by atoms with van der Waals surface area (Å²) >= 11 is 0. The van der Waals surface area contributed by atoms with Gasteiger partial charge in [0.2, 0.25) is 0 Å². The van der Waals surface area contributed by atoms with Gasteiger partial charge in [0.1, 0.15) is 11.6 Å². The van der Waals surface area contributed by atoms with Crippen molar-refractivity contribution in [3.05, 3.63) is 87.7 Å². The van der Waals surface area contributed by atoms with Gasteiger partial charge in [-0.1, -0.05) is 42.5 Å². The summed E-state index contributed by atoms with van der Waals surface area (Å²) in [6.07, 6.45) is -4.83. The van der Waals surface area contributed by atoms with Crippen molar-refractivity contribution in [3.63, 3.8) is 0 Å². The largest absolute Gasteiger partial charge is 0.417 e. The molecule has 0 atom stereocenters. The molecule has 0 radical (unpaired) electrons. The smallest absolute Gasteiger partial charge is 0.399 e. The number of pyridine rings is 1. The third kappa shape index (κ3) is 3.70. The third-order valence-electron chi connectivity index (χ3n) is 4.08. The molecule has 0 bridgehead atoms. The molecule has 1 aromatic heterocycles. The Morgan fingerprint density at radius 2 is 1.74 bits per heavy atom. The van der Waals surface area contributed by atoms with E-state index in [0.29, 0.717) is 16.8 Å². The molecule has 0 aliphatic rings. The fraction of sp³-hybridized carbons (Fsp3) is 0.100. The van der Waals surface area contributed by atoms with Gasteiger partial charge in [-0.15, -0.1) is 0 Å². The lowest BCUT2D eigenvalue weighted by molar-refractivity contribution is -0.137. The SMILES string of the molecule is N#Cc1c(C(F)(F)F)cc(-c2cccc(N)c2)n(Cc2ccccc2)c1=O. The number of benzene rings is 2. The monoisotopic (exact) mass is 369 g/mol. The summed E-state index contributed by atoms with van der Waals surface area (Å²) in [5, 5.41) is 9.18. The normalized spacial score (nSPS) is 11.2. The van der Waals surface area contributed by atoms with Crippen molar-refractivity contribution in [2.45, 2.75) is 12.7 Å². The number of aromatic nitrogens is 1. The predicted molar refractivity (Wildman–Crippen MR) is 95.8 cm³/mol. The predicted octanol–water partition coefficient (Wildman–Crippen LogP) is 4.04. The summed E-state index contributed by atoms with van der Waals surface area (Å²) in [6.45, 7) is 0.0244. The van der Waals surface area contributed by atoms with Crippen LogP contribution in [0, 0.1) is 11.3 Å². The molecule has 27 heavy (non-hydrogen) atoms. The fourth-order valence-electron chi connectivity index (χ4n) is 2.84. The Morgan fingerprint density at radius 3 is 2.33 bits per heavy atom. The maximum Gasteiger partial charge on any atom is 0.417 e. The number of alkyl halides is 3. The van der Waals surface area contributed by atoms with Crippen molar-refractivity contribution in [2.75, 3.05) is 5.73 Å². The molecular weight excluding hydrogens is 355 g/mol. The maximum absolute atomic E-state index is 13.4. The standard InChI is InChI=1S/C20H14F3N3O/c21-20(22,23)17-10-18(14-7-4-8-15(25)9-14)26(19(27)16(17)11-24)12-13-5-2-1-3-6-13/h1-10H,12,25H2. The van der Waals surface area contributed by atoms with Crippen LogP contribution in [-0.4, -0.2) is 4.57 Å². The molecular formula is C20H14F3N3O. The number of nitrogens with zero attached hydrogens (tertiary/aromatic N) is 2. The minimum absolute atomic E-state index is 0.0244. The highest BCUT2D eigenvalue weighted by Crippen LogP contribution is 2.34. The van der Waals surface area contributed by atoms with Crippen LogP contribution in [0.3, 0.4) is 0 Å². The molecule has 0 spiro atoms. The lowest BCUT2D eigenvalue weighted by Gasteiger charge is -2.18. The van der Waals surface area contributed by atoms with Crippen LogP contribution in [0.25, 0.3) is 11.3 Å². The van der Waals surface area contributed by atoms with E-state index in [9.17, 15) is 23.2 Å². The summed E-state index contributed by atoms with van der Waals surface area (Å²) < 4.78 is 41.4. The van der Waals surface area contributed by atoms with Crippen molar-refractivity contribution in [1.82, 2.24) is 4.57 Å². The Bertz CT molecular complexity index is 1080. The van der Waals surface area contributed by atoms with E-state index in [-0.39, 0.29) is 12.2 Å². The molecule has 4 nitrogen and oxygen atoms in total. The summed E-state index contributed by atoms with van der Waals surface area (Å²) in [6, 6.07) is 17.3. The van der Waals surface area contributed by atoms with E-state index < -0.39 is 22.9 Å². The number of nitriles is 1. The van der Waals surface area contributed by atoms with E-state index in [0.717, 1.165) is 10.6 Å². The summed E-state index contributed by atoms with van der Waals surface area (Å²) in [5.41, 5.74) is 4.06. The average Bonchev–Trinajstić information content (AvgIpc) is 2.63. The lowest BCUT2D eigenvalue weighted by Crippen LogP contribution is -2.28. The highest BCUT2D eigenvalue weighted by molar-refractivity contribution is 5.66. The first-order valence-corrected chi connectivity index (χ1v) is 7.96. The number of anilines is 1. The minimum Gasteiger partial charge on any atom is -0.399 e. The first kappa shape index (κ1) is 18.3. The number of hydrogen-bond donors (Lipinski definition) is 1. The second-order valence-electron chi connectivity index (χ2n) is 5.93. The van der Waals surface area contributed by atoms with E-state index >= 15 is 0 Å². The Balaban J connectivity index is 2.33. The quantitative estimate of drug-likeness (QED) is 0.709. The Hall–Kier alpha value is -3.53. The topological polar surface area (TPSA) is 71.8 Å². The number of hydrogen-bond acceptors (Lipinski definition) is 3. The summed E-state index contributed by atoms with van der Waals surface area (Å²) in [4.78, 5) is 12.8. The molecule has 1 heterocycles. The molecule has 0 fully saturated rings. The Labute approximate surface area is 152 Å². The summed E-state index contributed by atoms with van der Waals surface area (Å²) in [7, 11) is 0. The van der Waals surface area contributed by atoms with Crippen LogP contribution in [0.5, 0.6) is 0 Å². The zero-order valence-electron chi connectivity index (χ0n) is 14.0. The Kier molecular flexibility index (Phi) is 4.74. The van der Waals surface area contributed by atoms with Gasteiger partial charge < -0.3 is 10.3 Å². The third-order valence-corrected chi connectivity index (χ3v) is 4.08. The van der Waals surface area contributed by atoms with E-state index in [4.69, 9.17) is 5.73 Å². The number of nitrogen functional groups attached to an aromatic ring is 1. The van der Waals surface area contributed by atoms with Crippen LogP contribution in [0.4, 0.5) is 18.9 Å². The van der Waals surface area contributed by atoms with Gasteiger partial charge in [0.15, 0.2) is 0 Å². The van der Waals surface area contributed by atoms with Crippen LogP contribution in [-0.2, 0) is 12.7 Å². The number of rotatable bonds is 3. The van der Waals surface area contributed by atoms with Crippen LogP contribution in [0.15, 0.2) is 65.5 Å². The molecule has 136 valence electrons. The molecule has 0 unspecified atom stereocenters. The van der Waals surface area contributed by atoms with Gasteiger partial charge >= 0.3 is 6.18 Å². The van der Waals surface area contributed by atoms with Crippen molar-refractivity contribution in [2.24, 2.45) is 0 Å². The zero-order chi connectivity index (χ0) is 19.6. The molecule has 7 heteroatoms. The van der Waals surface area contributed by atoms with Crippen molar-refractivity contribution in [1.29, 1.82) is 5.26 Å². The van der Waals surface area contributed by atoms with Gasteiger partial charge in [-0.2, -0.15) is 18.4 Å². The number of nitrogens with two attached hydrogens (primary N) is 1. The van der Waals surface area contributed by atoms with Crippen LogP contribution in [0.2, 0.25) is 0 Å². The van der Waals surface area contributed by atoms with Gasteiger partial charge in [0.05, 0.1) is 17.8 Å². The molecule has 0 saturated carbocycles. The second-order valence-corrected chi connectivity index (χ2v) is 5.93. The van der Waals surface area contributed by atoms with E-state index in [1.165, 1.54) is 12.1 Å². The van der Waals surface area contributed by atoms with Crippen LogP contribution >= 0.6 is 0 Å². The van der Waals surface area contributed by atoms with E-state index in [1.54, 1.807) is 48.5 Å². The summed E-state index contributed by atoms with van der Waals surface area (Å²) in [5.74, 6) is 0.